The SMILES string of the molecule is CC1CCCNC1C(=O)NC1CCSCC1. The van der Waals surface area contributed by atoms with E-state index in [-0.39, 0.29) is 11.9 Å². The topological polar surface area (TPSA) is 41.1 Å². The predicted molar refractivity (Wildman–Crippen MR) is 68.7 cm³/mol. The van der Waals surface area contributed by atoms with Crippen LogP contribution in [0.3, 0.4) is 0 Å². The summed E-state index contributed by atoms with van der Waals surface area (Å²) in [5, 5.41) is 6.55. The van der Waals surface area contributed by atoms with Gasteiger partial charge in [-0.25, -0.2) is 0 Å². The summed E-state index contributed by atoms with van der Waals surface area (Å²) in [6, 6.07) is 0.466. The number of carbonyl (C=O) groups is 1. The molecular formula is C12H22N2OS. The highest BCUT2D eigenvalue weighted by Crippen LogP contribution is 2.19. The first-order valence-corrected chi connectivity index (χ1v) is 7.54. The Morgan fingerprint density at radius 2 is 2.06 bits per heavy atom. The van der Waals surface area contributed by atoms with Crippen molar-refractivity contribution in [3.05, 3.63) is 0 Å². The Labute approximate surface area is 102 Å². The molecule has 2 aliphatic rings. The molecule has 0 spiro atoms. The van der Waals surface area contributed by atoms with E-state index < -0.39 is 0 Å². The molecule has 2 unspecified atom stereocenters. The van der Waals surface area contributed by atoms with Gasteiger partial charge in [0.25, 0.3) is 0 Å². The zero-order valence-electron chi connectivity index (χ0n) is 10.00. The average molecular weight is 242 g/mol. The van der Waals surface area contributed by atoms with Crippen molar-refractivity contribution in [1.82, 2.24) is 10.6 Å². The maximum atomic E-state index is 12.1. The van der Waals surface area contributed by atoms with Crippen molar-refractivity contribution in [2.45, 2.75) is 44.7 Å². The molecule has 0 aromatic heterocycles. The highest BCUT2D eigenvalue weighted by Gasteiger charge is 2.28. The summed E-state index contributed by atoms with van der Waals surface area (Å²) < 4.78 is 0. The second-order valence-electron chi connectivity index (χ2n) is 4.95. The molecule has 1 amide bonds. The maximum absolute atomic E-state index is 12.1. The number of amides is 1. The Morgan fingerprint density at radius 3 is 2.75 bits per heavy atom. The molecule has 0 radical (unpaired) electrons. The standard InChI is InChI=1S/C12H22N2OS/c1-9-3-2-6-13-11(9)12(15)14-10-4-7-16-8-5-10/h9-11,13H,2-8H2,1H3,(H,14,15). The smallest absolute Gasteiger partial charge is 0.237 e. The average Bonchev–Trinajstić information content (AvgIpc) is 2.31. The number of hydrogen-bond acceptors (Lipinski definition) is 3. The van der Waals surface area contributed by atoms with E-state index >= 15 is 0 Å². The summed E-state index contributed by atoms with van der Waals surface area (Å²) in [5.74, 6) is 3.09. The number of carbonyl (C=O) groups excluding carboxylic acids is 1. The van der Waals surface area contributed by atoms with E-state index in [9.17, 15) is 4.79 Å². The van der Waals surface area contributed by atoms with Gasteiger partial charge in [-0.2, -0.15) is 11.8 Å². The number of thioether (sulfide) groups is 1. The van der Waals surface area contributed by atoms with Crippen LogP contribution in [0.4, 0.5) is 0 Å². The fourth-order valence-electron chi connectivity index (χ4n) is 2.53. The van der Waals surface area contributed by atoms with E-state index in [4.69, 9.17) is 0 Å². The van der Waals surface area contributed by atoms with Gasteiger partial charge in [0.15, 0.2) is 0 Å². The monoisotopic (exact) mass is 242 g/mol. The highest BCUT2D eigenvalue weighted by atomic mass is 32.2. The van der Waals surface area contributed by atoms with Crippen LogP contribution in [0.1, 0.15) is 32.6 Å². The molecule has 2 fully saturated rings. The Hall–Kier alpha value is -0.220. The molecule has 0 aromatic rings. The Morgan fingerprint density at radius 1 is 1.31 bits per heavy atom. The first-order chi connectivity index (χ1) is 7.77. The van der Waals surface area contributed by atoms with Gasteiger partial charge < -0.3 is 10.6 Å². The maximum Gasteiger partial charge on any atom is 0.237 e. The minimum absolute atomic E-state index is 0.0447. The van der Waals surface area contributed by atoms with Gasteiger partial charge in [0.1, 0.15) is 0 Å². The minimum atomic E-state index is 0.0447. The second-order valence-corrected chi connectivity index (χ2v) is 6.17. The molecule has 0 aromatic carbocycles. The molecule has 2 saturated heterocycles. The van der Waals surface area contributed by atoms with Gasteiger partial charge in [-0.15, -0.1) is 0 Å². The van der Waals surface area contributed by atoms with E-state index in [1.807, 2.05) is 11.8 Å². The normalized spacial score (nSPS) is 32.3. The van der Waals surface area contributed by atoms with Crippen LogP contribution in [-0.2, 0) is 4.79 Å². The molecule has 2 atom stereocenters. The Bertz CT molecular complexity index is 241. The van der Waals surface area contributed by atoms with Crippen LogP contribution in [0.25, 0.3) is 0 Å². The van der Waals surface area contributed by atoms with Crippen molar-refractivity contribution in [3.63, 3.8) is 0 Å². The highest BCUT2D eigenvalue weighted by molar-refractivity contribution is 7.99. The molecule has 0 bridgehead atoms. The molecule has 92 valence electrons. The van der Waals surface area contributed by atoms with Gasteiger partial charge in [0.2, 0.25) is 5.91 Å². The van der Waals surface area contributed by atoms with Gasteiger partial charge in [0, 0.05) is 6.04 Å². The third-order valence-corrected chi connectivity index (χ3v) is 4.67. The van der Waals surface area contributed by atoms with Crippen LogP contribution in [0.5, 0.6) is 0 Å². The molecule has 2 N–H and O–H groups in total. The van der Waals surface area contributed by atoms with Crippen LogP contribution in [0, 0.1) is 5.92 Å². The lowest BCUT2D eigenvalue weighted by molar-refractivity contribution is -0.125. The third kappa shape index (κ3) is 3.14. The molecule has 2 rings (SSSR count). The van der Waals surface area contributed by atoms with Gasteiger partial charge in [0.05, 0.1) is 6.04 Å². The number of hydrogen-bond donors (Lipinski definition) is 2. The fraction of sp³-hybridized carbons (Fsp3) is 0.917. The Kier molecular flexibility index (Phi) is 4.53. The van der Waals surface area contributed by atoms with Crippen molar-refractivity contribution in [2.75, 3.05) is 18.1 Å². The largest absolute Gasteiger partial charge is 0.352 e. The summed E-state index contributed by atoms with van der Waals surface area (Å²) in [6.07, 6.45) is 4.64. The first kappa shape index (κ1) is 12.2. The zero-order valence-corrected chi connectivity index (χ0v) is 10.8. The summed E-state index contributed by atoms with van der Waals surface area (Å²) in [5.41, 5.74) is 0. The van der Waals surface area contributed by atoms with Crippen LogP contribution in [0.2, 0.25) is 0 Å². The summed E-state index contributed by atoms with van der Waals surface area (Å²) in [6.45, 7) is 3.16. The summed E-state index contributed by atoms with van der Waals surface area (Å²) in [4.78, 5) is 12.1. The van der Waals surface area contributed by atoms with Crippen molar-refractivity contribution in [1.29, 1.82) is 0 Å². The quantitative estimate of drug-likeness (QED) is 0.769. The molecule has 2 heterocycles. The third-order valence-electron chi connectivity index (χ3n) is 3.62. The van der Waals surface area contributed by atoms with Crippen molar-refractivity contribution in [2.24, 2.45) is 5.92 Å². The van der Waals surface area contributed by atoms with Crippen LogP contribution in [0.15, 0.2) is 0 Å². The van der Waals surface area contributed by atoms with Crippen molar-refractivity contribution < 1.29 is 4.79 Å². The molecular weight excluding hydrogens is 220 g/mol. The fourth-order valence-corrected chi connectivity index (χ4v) is 3.64. The predicted octanol–water partition coefficient (Wildman–Crippen LogP) is 1.39. The molecule has 4 heteroatoms. The minimum Gasteiger partial charge on any atom is -0.352 e. The molecule has 0 saturated carbocycles. The van der Waals surface area contributed by atoms with Gasteiger partial charge in [-0.1, -0.05) is 6.92 Å². The van der Waals surface area contributed by atoms with Gasteiger partial charge >= 0.3 is 0 Å². The second kappa shape index (κ2) is 5.92. The van der Waals surface area contributed by atoms with Gasteiger partial charge in [-0.3, -0.25) is 4.79 Å². The zero-order chi connectivity index (χ0) is 11.4. The molecule has 0 aliphatic carbocycles. The number of piperidine rings is 1. The van der Waals surface area contributed by atoms with Crippen LogP contribution >= 0.6 is 11.8 Å². The first-order valence-electron chi connectivity index (χ1n) is 6.39. The van der Waals surface area contributed by atoms with E-state index in [1.165, 1.54) is 24.3 Å². The van der Waals surface area contributed by atoms with E-state index in [0.29, 0.717) is 12.0 Å². The molecule has 16 heavy (non-hydrogen) atoms. The Balaban J connectivity index is 1.81. The lowest BCUT2D eigenvalue weighted by Crippen LogP contribution is -2.53. The van der Waals surface area contributed by atoms with Crippen molar-refractivity contribution in [3.8, 4) is 0 Å². The summed E-state index contributed by atoms with van der Waals surface area (Å²) in [7, 11) is 0. The summed E-state index contributed by atoms with van der Waals surface area (Å²) >= 11 is 1.99. The molecule has 3 nitrogen and oxygen atoms in total. The molecule has 2 aliphatic heterocycles. The van der Waals surface area contributed by atoms with Crippen LogP contribution in [-0.4, -0.2) is 36.0 Å². The number of nitrogens with one attached hydrogen (secondary N) is 2. The van der Waals surface area contributed by atoms with Gasteiger partial charge in [-0.05, 0) is 49.7 Å². The van der Waals surface area contributed by atoms with Crippen molar-refractivity contribution >= 4 is 17.7 Å². The number of rotatable bonds is 2. The van der Waals surface area contributed by atoms with E-state index in [0.717, 1.165) is 19.4 Å². The van der Waals surface area contributed by atoms with E-state index in [2.05, 4.69) is 17.6 Å². The van der Waals surface area contributed by atoms with Crippen LogP contribution < -0.4 is 10.6 Å². The van der Waals surface area contributed by atoms with E-state index in [1.54, 1.807) is 0 Å². The lowest BCUT2D eigenvalue weighted by atomic mass is 9.92. The lowest BCUT2D eigenvalue weighted by Gasteiger charge is -2.31.